The zero-order chi connectivity index (χ0) is 15.5. The van der Waals surface area contributed by atoms with Crippen LogP contribution in [0.1, 0.15) is 11.7 Å². The molecule has 2 N–H and O–H groups in total. The number of ether oxygens (including phenoxy) is 2. The van der Waals surface area contributed by atoms with Crippen LogP contribution in [0.25, 0.3) is 0 Å². The minimum absolute atomic E-state index is 0.660. The van der Waals surface area contributed by atoms with E-state index in [1.807, 2.05) is 0 Å². The highest BCUT2D eigenvalue weighted by atomic mass is 19.4. The van der Waals surface area contributed by atoms with E-state index in [2.05, 4.69) is 9.47 Å². The third kappa shape index (κ3) is 4.23. The van der Waals surface area contributed by atoms with Gasteiger partial charge < -0.3 is 19.7 Å². The number of alkyl halides is 5. The Morgan fingerprint density at radius 2 is 1.75 bits per heavy atom. The van der Waals surface area contributed by atoms with Gasteiger partial charge in [-0.2, -0.15) is 8.78 Å². The quantitative estimate of drug-likeness (QED) is 0.816. The molecule has 1 aromatic carbocycles. The highest BCUT2D eigenvalue weighted by molar-refractivity contribution is 5.76. The van der Waals surface area contributed by atoms with Crippen molar-refractivity contribution in [3.8, 4) is 11.5 Å². The molecular formula is C10H7F5O5. The molecule has 0 radical (unpaired) electrons. The van der Waals surface area contributed by atoms with Gasteiger partial charge in [0.1, 0.15) is 11.5 Å². The second-order valence-corrected chi connectivity index (χ2v) is 3.34. The van der Waals surface area contributed by atoms with E-state index in [1.165, 1.54) is 0 Å². The lowest BCUT2D eigenvalue weighted by Crippen LogP contribution is -2.21. The van der Waals surface area contributed by atoms with Crippen LogP contribution in [-0.2, 0) is 4.79 Å². The van der Waals surface area contributed by atoms with Crippen molar-refractivity contribution in [1.29, 1.82) is 0 Å². The number of aliphatic hydroxyl groups excluding tert-OH is 1. The fourth-order valence-electron chi connectivity index (χ4n) is 1.33. The average molecular weight is 302 g/mol. The van der Waals surface area contributed by atoms with E-state index < -0.39 is 42.1 Å². The normalized spacial score (nSPS) is 13.2. The van der Waals surface area contributed by atoms with Gasteiger partial charge in [0.15, 0.2) is 6.10 Å². The van der Waals surface area contributed by atoms with Crippen molar-refractivity contribution in [3.63, 3.8) is 0 Å². The van der Waals surface area contributed by atoms with Crippen molar-refractivity contribution in [3.05, 3.63) is 23.8 Å². The number of halogens is 5. The maximum atomic E-state index is 12.1. The van der Waals surface area contributed by atoms with Crippen molar-refractivity contribution < 1.29 is 46.4 Å². The third-order valence-electron chi connectivity index (χ3n) is 1.98. The Bertz CT molecular complexity index is 487. The van der Waals surface area contributed by atoms with Crippen molar-refractivity contribution in [1.82, 2.24) is 0 Å². The first kappa shape index (κ1) is 16.0. The van der Waals surface area contributed by atoms with E-state index >= 15 is 0 Å². The summed E-state index contributed by atoms with van der Waals surface area (Å²) in [6.45, 7) is -3.42. The molecule has 112 valence electrons. The molecule has 0 bridgehead atoms. The molecule has 0 saturated heterocycles. The van der Waals surface area contributed by atoms with Gasteiger partial charge >= 0.3 is 18.9 Å². The number of hydrogen-bond acceptors (Lipinski definition) is 4. The third-order valence-corrected chi connectivity index (χ3v) is 1.98. The van der Waals surface area contributed by atoms with Crippen LogP contribution in [0.3, 0.4) is 0 Å². The molecule has 0 saturated carbocycles. The van der Waals surface area contributed by atoms with E-state index in [0.29, 0.717) is 6.07 Å². The summed E-state index contributed by atoms with van der Waals surface area (Å²) in [6.07, 6.45) is -7.72. The van der Waals surface area contributed by atoms with Crippen LogP contribution >= 0.6 is 0 Å². The van der Waals surface area contributed by atoms with Gasteiger partial charge in [0.2, 0.25) is 0 Å². The molecule has 10 heteroatoms. The SMILES string of the molecule is O=C(O)C(O)c1c(OC(F)F)cccc1OC(F)(F)F. The van der Waals surface area contributed by atoms with E-state index in [-0.39, 0.29) is 0 Å². The highest BCUT2D eigenvalue weighted by Gasteiger charge is 2.35. The predicted molar refractivity (Wildman–Crippen MR) is 52.4 cm³/mol. The van der Waals surface area contributed by atoms with E-state index in [4.69, 9.17) is 5.11 Å². The maximum absolute atomic E-state index is 12.1. The second-order valence-electron chi connectivity index (χ2n) is 3.34. The number of aliphatic carboxylic acids is 1. The van der Waals surface area contributed by atoms with Crippen LogP contribution in [0.5, 0.6) is 11.5 Å². The topological polar surface area (TPSA) is 76.0 Å². The number of carbonyl (C=O) groups is 1. The van der Waals surface area contributed by atoms with Gasteiger partial charge in [0, 0.05) is 0 Å². The highest BCUT2D eigenvalue weighted by Crippen LogP contribution is 2.37. The monoisotopic (exact) mass is 302 g/mol. The first-order chi connectivity index (χ1) is 9.11. The predicted octanol–water partition coefficient (Wildman–Crippen LogP) is 2.30. The summed E-state index contributed by atoms with van der Waals surface area (Å²) in [4.78, 5) is 10.6. The Hall–Kier alpha value is -2.10. The molecule has 0 aromatic heterocycles. The van der Waals surface area contributed by atoms with Gasteiger partial charge in [-0.15, -0.1) is 13.2 Å². The summed E-state index contributed by atoms with van der Waals surface area (Å²) < 4.78 is 68.0. The molecule has 0 aliphatic heterocycles. The lowest BCUT2D eigenvalue weighted by atomic mass is 10.1. The van der Waals surface area contributed by atoms with Gasteiger partial charge in [0.25, 0.3) is 0 Å². The standard InChI is InChI=1S/C10H7F5O5/c11-9(12)19-4-2-1-3-5(20-10(13,14)15)6(4)7(16)8(17)18/h1-3,7,9,16H,(H,17,18). The molecule has 5 nitrogen and oxygen atoms in total. The summed E-state index contributed by atoms with van der Waals surface area (Å²) in [5.41, 5.74) is -1.06. The van der Waals surface area contributed by atoms with Crippen LogP contribution in [0.2, 0.25) is 0 Å². The van der Waals surface area contributed by atoms with E-state index in [1.54, 1.807) is 0 Å². The molecule has 0 fully saturated rings. The molecule has 0 heterocycles. The maximum Gasteiger partial charge on any atom is 0.573 e. The largest absolute Gasteiger partial charge is 0.573 e. The Balaban J connectivity index is 3.32. The Morgan fingerprint density at radius 3 is 2.20 bits per heavy atom. The number of hydrogen-bond donors (Lipinski definition) is 2. The summed E-state index contributed by atoms with van der Waals surface area (Å²) in [5.74, 6) is -4.04. The summed E-state index contributed by atoms with van der Waals surface area (Å²) in [6, 6.07) is 2.31. The number of benzene rings is 1. The molecule has 1 aromatic rings. The molecule has 1 rings (SSSR count). The molecule has 20 heavy (non-hydrogen) atoms. The van der Waals surface area contributed by atoms with Crippen LogP contribution in [-0.4, -0.2) is 29.2 Å². The van der Waals surface area contributed by atoms with Crippen LogP contribution < -0.4 is 9.47 Å². The zero-order valence-electron chi connectivity index (χ0n) is 9.40. The Kier molecular flexibility index (Phi) is 4.71. The van der Waals surface area contributed by atoms with Crippen molar-refractivity contribution in [2.45, 2.75) is 19.1 Å². The number of rotatable bonds is 5. The fraction of sp³-hybridized carbons (Fsp3) is 0.300. The van der Waals surface area contributed by atoms with Gasteiger partial charge in [-0.1, -0.05) is 6.07 Å². The number of carboxylic acid groups (broad SMARTS) is 1. The average Bonchev–Trinajstić information content (AvgIpc) is 2.25. The van der Waals surface area contributed by atoms with Gasteiger partial charge in [-0.3, -0.25) is 0 Å². The first-order valence-corrected chi connectivity index (χ1v) is 4.86. The Labute approximate surface area is 108 Å². The molecule has 0 amide bonds. The molecule has 1 atom stereocenters. The molecular weight excluding hydrogens is 295 g/mol. The second kappa shape index (κ2) is 5.90. The number of aliphatic hydroxyl groups is 1. The number of carboxylic acids is 1. The van der Waals surface area contributed by atoms with Gasteiger partial charge in [-0.25, -0.2) is 4.79 Å². The summed E-state index contributed by atoms with van der Waals surface area (Å²) in [5, 5.41) is 17.9. The minimum Gasteiger partial charge on any atom is -0.479 e. The fourth-order valence-corrected chi connectivity index (χ4v) is 1.33. The van der Waals surface area contributed by atoms with Crippen molar-refractivity contribution in [2.75, 3.05) is 0 Å². The van der Waals surface area contributed by atoms with E-state index in [9.17, 15) is 31.9 Å². The molecule has 0 aliphatic rings. The van der Waals surface area contributed by atoms with Gasteiger partial charge in [0.05, 0.1) is 5.56 Å². The van der Waals surface area contributed by atoms with Crippen LogP contribution in [0, 0.1) is 0 Å². The van der Waals surface area contributed by atoms with Crippen molar-refractivity contribution in [2.24, 2.45) is 0 Å². The van der Waals surface area contributed by atoms with Crippen molar-refractivity contribution >= 4 is 5.97 Å². The van der Waals surface area contributed by atoms with Crippen LogP contribution in [0.15, 0.2) is 18.2 Å². The molecule has 1 unspecified atom stereocenters. The lowest BCUT2D eigenvalue weighted by Gasteiger charge is -2.18. The molecule has 0 aliphatic carbocycles. The minimum atomic E-state index is -5.20. The lowest BCUT2D eigenvalue weighted by molar-refractivity contribution is -0.275. The zero-order valence-corrected chi connectivity index (χ0v) is 9.40. The smallest absolute Gasteiger partial charge is 0.479 e. The van der Waals surface area contributed by atoms with Crippen LogP contribution in [0.4, 0.5) is 22.0 Å². The summed E-state index contributed by atoms with van der Waals surface area (Å²) in [7, 11) is 0. The molecule has 0 spiro atoms. The first-order valence-electron chi connectivity index (χ1n) is 4.86. The Morgan fingerprint density at radius 1 is 1.20 bits per heavy atom. The summed E-state index contributed by atoms with van der Waals surface area (Å²) >= 11 is 0. The van der Waals surface area contributed by atoms with E-state index in [0.717, 1.165) is 12.1 Å². The van der Waals surface area contributed by atoms with Gasteiger partial charge in [-0.05, 0) is 12.1 Å².